The van der Waals surface area contributed by atoms with Crippen LogP contribution in [0.25, 0.3) is 0 Å². The second-order valence-electron chi connectivity index (χ2n) is 6.90. The summed E-state index contributed by atoms with van der Waals surface area (Å²) in [6, 6.07) is 12.9. The minimum Gasteiger partial charge on any atom is -0.497 e. The van der Waals surface area contributed by atoms with Crippen LogP contribution in [-0.2, 0) is 5.41 Å². The Morgan fingerprint density at radius 1 is 1.12 bits per heavy atom. The van der Waals surface area contributed by atoms with E-state index in [4.69, 9.17) is 9.47 Å². The van der Waals surface area contributed by atoms with E-state index >= 15 is 0 Å². The van der Waals surface area contributed by atoms with Crippen LogP contribution in [0.2, 0.25) is 0 Å². The highest BCUT2D eigenvalue weighted by atomic mass is 16.5. The van der Waals surface area contributed by atoms with Crippen LogP contribution in [0, 0.1) is 6.92 Å². The van der Waals surface area contributed by atoms with E-state index in [1.54, 1.807) is 19.2 Å². The van der Waals surface area contributed by atoms with Crippen molar-refractivity contribution in [3.63, 3.8) is 0 Å². The van der Waals surface area contributed by atoms with Crippen molar-refractivity contribution < 1.29 is 14.3 Å². The van der Waals surface area contributed by atoms with Crippen molar-refractivity contribution in [2.24, 2.45) is 0 Å². The van der Waals surface area contributed by atoms with E-state index in [0.29, 0.717) is 11.4 Å². The molecule has 134 valence electrons. The van der Waals surface area contributed by atoms with Crippen LogP contribution < -0.4 is 20.1 Å². The van der Waals surface area contributed by atoms with Crippen molar-refractivity contribution in [2.45, 2.75) is 33.1 Å². The van der Waals surface area contributed by atoms with Crippen molar-refractivity contribution in [3.8, 4) is 11.5 Å². The molecule has 2 aromatic rings. The van der Waals surface area contributed by atoms with Gasteiger partial charge < -0.3 is 20.1 Å². The van der Waals surface area contributed by atoms with Gasteiger partial charge in [-0.2, -0.15) is 0 Å². The molecular formula is C20H26N2O3. The van der Waals surface area contributed by atoms with Gasteiger partial charge in [-0.25, -0.2) is 4.79 Å². The van der Waals surface area contributed by atoms with Crippen LogP contribution >= 0.6 is 0 Å². The molecule has 0 fully saturated rings. The van der Waals surface area contributed by atoms with Crippen LogP contribution in [0.15, 0.2) is 42.5 Å². The summed E-state index contributed by atoms with van der Waals surface area (Å²) in [7, 11) is 1.58. The van der Waals surface area contributed by atoms with Crippen LogP contribution in [0.3, 0.4) is 0 Å². The van der Waals surface area contributed by atoms with Gasteiger partial charge in [-0.05, 0) is 36.1 Å². The predicted molar refractivity (Wildman–Crippen MR) is 101 cm³/mol. The quantitative estimate of drug-likeness (QED) is 0.789. The molecule has 2 rings (SSSR count). The molecule has 2 aromatic carbocycles. The lowest BCUT2D eigenvalue weighted by Gasteiger charge is -2.23. The molecule has 5 nitrogen and oxygen atoms in total. The normalized spacial score (nSPS) is 10.9. The lowest BCUT2D eigenvalue weighted by Crippen LogP contribution is -2.32. The Morgan fingerprint density at radius 3 is 2.56 bits per heavy atom. The molecule has 0 spiro atoms. The molecule has 2 N–H and O–H groups in total. The highest BCUT2D eigenvalue weighted by molar-refractivity contribution is 5.89. The standard InChI is InChI=1S/C20H26N2O3/c1-14-9-10-18(17(11-14)20(2,3)4)25-13-21-19(23)22-15-7-6-8-16(12-15)24-5/h6-12H,13H2,1-5H3,(H2,21,22,23). The fourth-order valence-corrected chi connectivity index (χ4v) is 2.41. The van der Waals surface area contributed by atoms with E-state index in [1.807, 2.05) is 24.3 Å². The first-order chi connectivity index (χ1) is 11.8. The number of anilines is 1. The Morgan fingerprint density at radius 2 is 1.88 bits per heavy atom. The minimum atomic E-state index is -0.335. The molecule has 25 heavy (non-hydrogen) atoms. The number of amides is 2. The Bertz CT molecular complexity index is 736. The highest BCUT2D eigenvalue weighted by Crippen LogP contribution is 2.32. The number of hydrogen-bond donors (Lipinski definition) is 2. The van der Waals surface area contributed by atoms with E-state index in [9.17, 15) is 4.79 Å². The lowest BCUT2D eigenvalue weighted by atomic mass is 9.85. The molecule has 0 unspecified atom stereocenters. The number of nitrogens with one attached hydrogen (secondary N) is 2. The first kappa shape index (κ1) is 18.6. The largest absolute Gasteiger partial charge is 0.497 e. The molecule has 0 aliphatic heterocycles. The van der Waals surface area contributed by atoms with Gasteiger partial charge in [-0.1, -0.05) is 44.5 Å². The fraction of sp³-hybridized carbons (Fsp3) is 0.350. The Kier molecular flexibility index (Phi) is 5.91. The van der Waals surface area contributed by atoms with Gasteiger partial charge in [0.2, 0.25) is 0 Å². The molecule has 0 aliphatic carbocycles. The first-order valence-electron chi connectivity index (χ1n) is 8.22. The van der Waals surface area contributed by atoms with Gasteiger partial charge in [0.1, 0.15) is 11.5 Å². The monoisotopic (exact) mass is 342 g/mol. The molecule has 0 aliphatic rings. The SMILES string of the molecule is COc1cccc(NC(=O)NCOc2ccc(C)cc2C(C)(C)C)c1. The van der Waals surface area contributed by atoms with Crippen molar-refractivity contribution in [2.75, 3.05) is 19.2 Å². The minimum absolute atomic E-state index is 0.0375. The zero-order chi connectivity index (χ0) is 18.4. The number of hydrogen-bond acceptors (Lipinski definition) is 3. The summed E-state index contributed by atoms with van der Waals surface area (Å²) in [5.74, 6) is 1.46. The fourth-order valence-electron chi connectivity index (χ4n) is 2.41. The summed E-state index contributed by atoms with van der Waals surface area (Å²) < 4.78 is 10.9. The average Bonchev–Trinajstić information content (AvgIpc) is 2.55. The number of ether oxygens (including phenoxy) is 2. The maximum absolute atomic E-state index is 12.0. The van der Waals surface area contributed by atoms with E-state index in [1.165, 1.54) is 5.56 Å². The lowest BCUT2D eigenvalue weighted by molar-refractivity contribution is 0.233. The zero-order valence-electron chi connectivity index (χ0n) is 15.5. The molecule has 0 aromatic heterocycles. The summed E-state index contributed by atoms with van der Waals surface area (Å²) in [6.45, 7) is 8.55. The average molecular weight is 342 g/mol. The van der Waals surface area contributed by atoms with E-state index in [-0.39, 0.29) is 18.2 Å². The number of aryl methyl sites for hydroxylation is 1. The first-order valence-corrected chi connectivity index (χ1v) is 8.22. The molecule has 0 saturated heterocycles. The molecule has 2 amide bonds. The van der Waals surface area contributed by atoms with Gasteiger partial charge >= 0.3 is 6.03 Å². The zero-order valence-corrected chi connectivity index (χ0v) is 15.5. The topological polar surface area (TPSA) is 59.6 Å². The summed E-state index contributed by atoms with van der Waals surface area (Å²) in [5.41, 5.74) is 2.91. The number of urea groups is 1. The van der Waals surface area contributed by atoms with Crippen molar-refractivity contribution in [3.05, 3.63) is 53.6 Å². The summed E-state index contributed by atoms with van der Waals surface area (Å²) >= 11 is 0. The maximum atomic E-state index is 12.0. The number of rotatable bonds is 5. The number of carbonyl (C=O) groups excluding carboxylic acids is 1. The van der Waals surface area contributed by atoms with Gasteiger partial charge in [0.05, 0.1) is 7.11 Å². The Hall–Kier alpha value is -2.69. The molecule has 0 atom stereocenters. The molecular weight excluding hydrogens is 316 g/mol. The molecule has 0 saturated carbocycles. The third-order valence-corrected chi connectivity index (χ3v) is 3.73. The van der Waals surface area contributed by atoms with Crippen LogP contribution in [-0.4, -0.2) is 19.9 Å². The highest BCUT2D eigenvalue weighted by Gasteiger charge is 2.19. The van der Waals surface area contributed by atoms with Gasteiger partial charge in [-0.3, -0.25) is 0 Å². The van der Waals surface area contributed by atoms with E-state index in [2.05, 4.69) is 44.4 Å². The smallest absolute Gasteiger partial charge is 0.321 e. The van der Waals surface area contributed by atoms with Crippen LogP contribution in [0.5, 0.6) is 11.5 Å². The third-order valence-electron chi connectivity index (χ3n) is 3.73. The number of carbonyl (C=O) groups is 1. The van der Waals surface area contributed by atoms with E-state index in [0.717, 1.165) is 11.3 Å². The Labute approximate surface area is 149 Å². The van der Waals surface area contributed by atoms with Gasteiger partial charge in [0.15, 0.2) is 6.73 Å². The third kappa shape index (κ3) is 5.41. The van der Waals surface area contributed by atoms with Crippen LogP contribution in [0.4, 0.5) is 10.5 Å². The molecule has 0 radical (unpaired) electrons. The predicted octanol–water partition coefficient (Wildman–Crippen LogP) is 4.46. The van der Waals surface area contributed by atoms with Gasteiger partial charge in [0, 0.05) is 11.8 Å². The van der Waals surface area contributed by atoms with Gasteiger partial charge in [-0.15, -0.1) is 0 Å². The number of methoxy groups -OCH3 is 1. The van der Waals surface area contributed by atoms with Gasteiger partial charge in [0.25, 0.3) is 0 Å². The summed E-state index contributed by atoms with van der Waals surface area (Å²) in [4.78, 5) is 12.0. The maximum Gasteiger partial charge on any atom is 0.321 e. The van der Waals surface area contributed by atoms with E-state index < -0.39 is 0 Å². The summed E-state index contributed by atoms with van der Waals surface area (Å²) in [5, 5.41) is 5.44. The van der Waals surface area contributed by atoms with Crippen molar-refractivity contribution in [1.29, 1.82) is 0 Å². The molecule has 0 heterocycles. The molecule has 0 bridgehead atoms. The van der Waals surface area contributed by atoms with Crippen LogP contribution in [0.1, 0.15) is 31.9 Å². The second-order valence-corrected chi connectivity index (χ2v) is 6.90. The molecule has 5 heteroatoms. The number of benzene rings is 2. The summed E-state index contributed by atoms with van der Waals surface area (Å²) in [6.07, 6.45) is 0. The van der Waals surface area contributed by atoms with Crippen molar-refractivity contribution in [1.82, 2.24) is 5.32 Å². The second kappa shape index (κ2) is 7.92. The van der Waals surface area contributed by atoms with Crippen molar-refractivity contribution >= 4 is 11.7 Å². The Balaban J connectivity index is 1.93.